The summed E-state index contributed by atoms with van der Waals surface area (Å²) in [5, 5.41) is 24.3. The highest BCUT2D eigenvalue weighted by molar-refractivity contribution is 7.89. The van der Waals surface area contributed by atoms with E-state index in [1.165, 1.54) is 30.7 Å². The van der Waals surface area contributed by atoms with Gasteiger partial charge in [-0.25, -0.2) is 17.9 Å². The van der Waals surface area contributed by atoms with E-state index < -0.39 is 28.3 Å². The van der Waals surface area contributed by atoms with Gasteiger partial charge in [-0.1, -0.05) is 30.3 Å². The number of carbonyl (C=O) groups is 1. The number of H-pyrrole nitrogens is 1. The lowest BCUT2D eigenvalue weighted by Gasteiger charge is -2.24. The zero-order valence-corrected chi connectivity index (χ0v) is 21.8. The Balaban J connectivity index is 1.32. The van der Waals surface area contributed by atoms with Crippen LogP contribution in [0.1, 0.15) is 31.2 Å². The number of sulfonamides is 1. The smallest absolute Gasteiger partial charge is 0.413 e. The molecule has 1 saturated carbocycles. The number of nitrogens with zero attached hydrogens (tertiary/aromatic N) is 2. The number of aliphatic hydroxyl groups is 1. The summed E-state index contributed by atoms with van der Waals surface area (Å²) in [5.41, 5.74) is 1.62. The molecule has 5 rings (SSSR count). The fourth-order valence-corrected chi connectivity index (χ4v) is 5.71. The molecule has 12 nitrogen and oxygen atoms in total. The van der Waals surface area contributed by atoms with Crippen LogP contribution < -0.4 is 19.5 Å². The summed E-state index contributed by atoms with van der Waals surface area (Å²) in [4.78, 5) is 12.4. The first-order valence-electron chi connectivity index (χ1n) is 12.6. The molecule has 1 aliphatic carbocycles. The molecule has 13 heteroatoms. The lowest BCUT2D eigenvalue weighted by Crippen LogP contribution is -2.50. The van der Waals surface area contributed by atoms with Gasteiger partial charge in [-0.05, 0) is 49.8 Å². The van der Waals surface area contributed by atoms with E-state index in [1.54, 1.807) is 0 Å². The van der Waals surface area contributed by atoms with E-state index in [4.69, 9.17) is 13.9 Å². The predicted molar refractivity (Wildman–Crippen MR) is 140 cm³/mol. The molecule has 2 aromatic heterocycles. The third-order valence-electron chi connectivity index (χ3n) is 6.54. The van der Waals surface area contributed by atoms with Gasteiger partial charge in [0.2, 0.25) is 10.0 Å². The summed E-state index contributed by atoms with van der Waals surface area (Å²) < 4.78 is 45.5. The first-order valence-corrected chi connectivity index (χ1v) is 14.1. The lowest BCUT2D eigenvalue weighted by molar-refractivity contribution is 0.124. The summed E-state index contributed by atoms with van der Waals surface area (Å²) in [6.45, 7) is -0.383. The maximum atomic E-state index is 13.4. The quantitative estimate of drug-likeness (QED) is 0.217. The van der Waals surface area contributed by atoms with Crippen LogP contribution in [0.2, 0.25) is 0 Å². The van der Waals surface area contributed by atoms with E-state index >= 15 is 0 Å². The highest BCUT2D eigenvalue weighted by Gasteiger charge is 2.29. The topological polar surface area (TPSA) is 169 Å². The van der Waals surface area contributed by atoms with Crippen molar-refractivity contribution >= 4 is 27.1 Å². The SMILES string of the molecule is O=C(N[C@@H](Cc1ccccc1)[C@H](O)CNS(=O)(=O)c1ccc2n[nH]nc2c1OC1CCCC1)Oc1ccoc1. The monoisotopic (exact) mass is 555 g/mol. The first kappa shape index (κ1) is 26.7. The second kappa shape index (κ2) is 11.8. The van der Waals surface area contributed by atoms with Gasteiger partial charge in [0.25, 0.3) is 0 Å². The highest BCUT2D eigenvalue weighted by atomic mass is 32.2. The minimum Gasteiger partial charge on any atom is -0.487 e. The molecule has 2 atom stereocenters. The molecule has 2 heterocycles. The standard InChI is InChI=1S/C26H29N5O7S/c32-22(21(14-17-6-2-1-3-7-17)28-26(33)38-19-12-13-36-16-19)15-27-39(34,35)23-11-10-20-24(30-31-29-20)25(23)37-18-8-4-5-9-18/h1-3,6-7,10-13,16,18,21-22,27,32H,4-5,8-9,14-15H2,(H,28,33)(H,29,30,31)/t21-,22+/m0/s1. The van der Waals surface area contributed by atoms with E-state index in [1.807, 2.05) is 30.3 Å². The molecule has 0 bridgehead atoms. The van der Waals surface area contributed by atoms with Crippen LogP contribution in [-0.2, 0) is 16.4 Å². The average molecular weight is 556 g/mol. The van der Waals surface area contributed by atoms with Crippen molar-refractivity contribution in [2.75, 3.05) is 6.54 Å². The van der Waals surface area contributed by atoms with Crippen LogP contribution in [0.4, 0.5) is 4.79 Å². The fourth-order valence-electron chi connectivity index (χ4n) is 4.53. The third-order valence-corrected chi connectivity index (χ3v) is 7.98. The van der Waals surface area contributed by atoms with E-state index in [-0.39, 0.29) is 35.5 Å². The van der Waals surface area contributed by atoms with E-state index in [9.17, 15) is 18.3 Å². The van der Waals surface area contributed by atoms with Crippen LogP contribution in [0, 0.1) is 0 Å². The van der Waals surface area contributed by atoms with Gasteiger partial charge in [-0.3, -0.25) is 0 Å². The minimum atomic E-state index is -4.15. The van der Waals surface area contributed by atoms with Crippen molar-refractivity contribution in [2.45, 2.75) is 55.2 Å². The summed E-state index contributed by atoms with van der Waals surface area (Å²) >= 11 is 0. The normalized spacial score (nSPS) is 15.7. The predicted octanol–water partition coefficient (Wildman–Crippen LogP) is 2.91. The molecule has 0 saturated heterocycles. The fraction of sp³-hybridized carbons (Fsp3) is 0.346. The van der Waals surface area contributed by atoms with Crippen molar-refractivity contribution in [3.05, 3.63) is 66.6 Å². The third kappa shape index (κ3) is 6.56. The molecular formula is C26H29N5O7S. The second-order valence-electron chi connectivity index (χ2n) is 9.32. The zero-order valence-electron chi connectivity index (χ0n) is 20.9. The van der Waals surface area contributed by atoms with Crippen molar-refractivity contribution in [1.82, 2.24) is 25.4 Å². The Morgan fingerprint density at radius 1 is 1.13 bits per heavy atom. The van der Waals surface area contributed by atoms with Gasteiger partial charge in [0.15, 0.2) is 17.0 Å². The van der Waals surface area contributed by atoms with Crippen LogP contribution in [0.25, 0.3) is 11.0 Å². The van der Waals surface area contributed by atoms with Gasteiger partial charge in [0, 0.05) is 12.6 Å². The van der Waals surface area contributed by atoms with Gasteiger partial charge in [0.05, 0.1) is 24.5 Å². The molecule has 1 aliphatic rings. The number of furan rings is 1. The summed E-state index contributed by atoms with van der Waals surface area (Å²) in [6.07, 6.45) is 4.26. The van der Waals surface area contributed by atoms with Crippen molar-refractivity contribution in [1.29, 1.82) is 0 Å². The van der Waals surface area contributed by atoms with Crippen LogP contribution in [0.3, 0.4) is 0 Å². The molecule has 39 heavy (non-hydrogen) atoms. The Labute approximate surface area is 224 Å². The number of rotatable bonds is 11. The van der Waals surface area contributed by atoms with Gasteiger partial charge in [-0.15, -0.1) is 0 Å². The second-order valence-corrected chi connectivity index (χ2v) is 11.1. The van der Waals surface area contributed by atoms with Crippen LogP contribution in [-0.4, -0.2) is 59.8 Å². The number of hydrogen-bond donors (Lipinski definition) is 4. The molecule has 0 spiro atoms. The number of benzene rings is 2. The molecule has 206 valence electrons. The number of nitrogens with one attached hydrogen (secondary N) is 3. The molecular weight excluding hydrogens is 526 g/mol. The lowest BCUT2D eigenvalue weighted by atomic mass is 10.0. The van der Waals surface area contributed by atoms with Gasteiger partial charge >= 0.3 is 6.09 Å². The minimum absolute atomic E-state index is 0.102. The number of ether oxygens (including phenoxy) is 2. The number of fused-ring (bicyclic) bond motifs is 1. The Bertz CT molecular complexity index is 1490. The molecule has 4 N–H and O–H groups in total. The largest absolute Gasteiger partial charge is 0.487 e. The molecule has 0 aliphatic heterocycles. The average Bonchev–Trinajstić information content (AvgIpc) is 3.71. The van der Waals surface area contributed by atoms with Gasteiger partial charge in [0.1, 0.15) is 16.7 Å². The van der Waals surface area contributed by atoms with Crippen molar-refractivity contribution in [3.63, 3.8) is 0 Å². The Kier molecular flexibility index (Phi) is 8.10. The molecule has 0 radical (unpaired) electrons. The van der Waals surface area contributed by atoms with E-state index in [0.29, 0.717) is 11.0 Å². The Morgan fingerprint density at radius 3 is 2.67 bits per heavy atom. The molecule has 0 unspecified atom stereocenters. The molecule has 2 aromatic carbocycles. The van der Waals surface area contributed by atoms with E-state index in [2.05, 4.69) is 25.4 Å². The van der Waals surface area contributed by atoms with Gasteiger partial charge in [-0.2, -0.15) is 15.4 Å². The maximum absolute atomic E-state index is 13.4. The van der Waals surface area contributed by atoms with Crippen LogP contribution in [0.15, 0.2) is 70.4 Å². The number of aromatic amines is 1. The summed E-state index contributed by atoms with van der Waals surface area (Å²) in [6, 6.07) is 12.7. The molecule has 4 aromatic rings. The summed E-state index contributed by atoms with van der Waals surface area (Å²) in [7, 11) is -4.15. The number of aliphatic hydroxyl groups excluding tert-OH is 1. The van der Waals surface area contributed by atoms with Crippen molar-refractivity contribution in [2.24, 2.45) is 0 Å². The molecule has 1 amide bonds. The van der Waals surface area contributed by atoms with Crippen molar-refractivity contribution < 1.29 is 32.2 Å². The maximum Gasteiger partial charge on any atom is 0.413 e. The first-order chi connectivity index (χ1) is 18.9. The van der Waals surface area contributed by atoms with Crippen LogP contribution >= 0.6 is 0 Å². The number of amides is 1. The highest BCUT2D eigenvalue weighted by Crippen LogP contribution is 2.34. The van der Waals surface area contributed by atoms with Crippen LogP contribution in [0.5, 0.6) is 11.5 Å². The number of carbonyl (C=O) groups excluding carboxylic acids is 1. The summed E-state index contributed by atoms with van der Waals surface area (Å²) in [5.74, 6) is 0.317. The number of hydrogen-bond acceptors (Lipinski definition) is 9. The van der Waals surface area contributed by atoms with Crippen molar-refractivity contribution in [3.8, 4) is 11.5 Å². The molecule has 1 fully saturated rings. The van der Waals surface area contributed by atoms with E-state index in [0.717, 1.165) is 31.2 Å². The zero-order chi connectivity index (χ0) is 27.2. The Hall–Kier alpha value is -3.94. The van der Waals surface area contributed by atoms with Gasteiger partial charge < -0.3 is 24.3 Å². The Morgan fingerprint density at radius 2 is 1.92 bits per heavy atom. The number of aromatic nitrogens is 3.